The first-order valence-electron chi connectivity index (χ1n) is 11.0. The summed E-state index contributed by atoms with van der Waals surface area (Å²) in [6.07, 6.45) is 10.3. The molecule has 4 heterocycles. The van der Waals surface area contributed by atoms with E-state index < -0.39 is 17.9 Å². The number of amides is 2. The number of hydrogen-bond acceptors (Lipinski definition) is 11. The molecular formula is C22H21N7O5S2. The van der Waals surface area contributed by atoms with Crippen molar-refractivity contribution in [3.05, 3.63) is 59.8 Å². The predicted molar refractivity (Wildman–Crippen MR) is 128 cm³/mol. The van der Waals surface area contributed by atoms with E-state index in [1.807, 2.05) is 16.7 Å². The van der Waals surface area contributed by atoms with Crippen LogP contribution in [0.2, 0.25) is 0 Å². The van der Waals surface area contributed by atoms with Gasteiger partial charge in [-0.3, -0.25) is 9.59 Å². The number of oxime groups is 1. The Labute approximate surface area is 213 Å². The van der Waals surface area contributed by atoms with Crippen LogP contribution in [-0.2, 0) is 21.0 Å². The van der Waals surface area contributed by atoms with Crippen LogP contribution in [0.1, 0.15) is 29.0 Å². The van der Waals surface area contributed by atoms with Gasteiger partial charge in [0.05, 0.1) is 5.97 Å². The summed E-state index contributed by atoms with van der Waals surface area (Å²) in [5, 5.41) is 17.6. The smallest absolute Gasteiger partial charge is 0.278 e. The Bertz CT molecular complexity index is 1290. The van der Waals surface area contributed by atoms with Crippen molar-refractivity contribution in [3.8, 4) is 0 Å². The quantitative estimate of drug-likeness (QED) is 0.147. The Hall–Kier alpha value is -3.78. The lowest BCUT2D eigenvalue weighted by molar-refractivity contribution is -0.689. The number of rotatable bonds is 8. The largest absolute Gasteiger partial charge is 0.545 e. The molecule has 36 heavy (non-hydrogen) atoms. The zero-order chi connectivity index (χ0) is 25.2. The number of nitrogens with two attached hydrogens (primary N) is 1. The number of nitrogens with zero attached hydrogens (tertiary/aromatic N) is 5. The average Bonchev–Trinajstić information content (AvgIpc) is 3.55. The Kier molecular flexibility index (Phi) is 6.69. The molecule has 2 aromatic rings. The number of pyridine rings is 1. The number of nitrogens with one attached hydrogen (secondary N) is 1. The van der Waals surface area contributed by atoms with Crippen LogP contribution < -0.4 is 20.7 Å². The van der Waals surface area contributed by atoms with Gasteiger partial charge in [0.1, 0.15) is 17.5 Å². The van der Waals surface area contributed by atoms with E-state index in [9.17, 15) is 19.5 Å². The van der Waals surface area contributed by atoms with Gasteiger partial charge in [0.2, 0.25) is 11.5 Å². The second-order valence-electron chi connectivity index (χ2n) is 8.28. The highest BCUT2D eigenvalue weighted by atomic mass is 32.2. The van der Waals surface area contributed by atoms with Crippen LogP contribution in [0.4, 0.5) is 5.13 Å². The van der Waals surface area contributed by atoms with E-state index in [0.29, 0.717) is 12.3 Å². The van der Waals surface area contributed by atoms with Crippen LogP contribution in [0.25, 0.3) is 0 Å². The van der Waals surface area contributed by atoms with Gasteiger partial charge in [0.25, 0.3) is 11.8 Å². The molecule has 0 saturated carbocycles. The number of carbonyl (C=O) groups excluding carboxylic acids is 3. The number of anilines is 1. The lowest BCUT2D eigenvalue weighted by Crippen LogP contribution is -2.69. The summed E-state index contributed by atoms with van der Waals surface area (Å²) in [6.45, 7) is 0.495. The lowest BCUT2D eigenvalue weighted by Gasteiger charge is -2.47. The van der Waals surface area contributed by atoms with Gasteiger partial charge in [-0.1, -0.05) is 11.2 Å². The summed E-state index contributed by atoms with van der Waals surface area (Å²) in [5.74, 6) is -1.42. The average molecular weight is 528 g/mol. The molecule has 1 fully saturated rings. The van der Waals surface area contributed by atoms with E-state index in [1.165, 1.54) is 23.9 Å². The normalized spacial score (nSPS) is 23.1. The van der Waals surface area contributed by atoms with E-state index in [-0.39, 0.29) is 39.6 Å². The highest BCUT2D eigenvalue weighted by Crippen LogP contribution is 2.36. The van der Waals surface area contributed by atoms with Crippen molar-refractivity contribution in [2.24, 2.45) is 5.16 Å². The fourth-order valence-corrected chi connectivity index (χ4v) is 5.60. The molecule has 0 spiro atoms. The zero-order valence-electron chi connectivity index (χ0n) is 18.8. The highest BCUT2D eigenvalue weighted by molar-refractivity contribution is 8.00. The van der Waals surface area contributed by atoms with Crippen LogP contribution in [0.5, 0.6) is 0 Å². The third kappa shape index (κ3) is 4.95. The fraction of sp³-hybridized carbons (Fsp3) is 0.318. The number of hydrogen-bond donors (Lipinski definition) is 2. The number of carbonyl (C=O) groups is 3. The van der Waals surface area contributed by atoms with Gasteiger partial charge < -0.3 is 30.7 Å². The maximum atomic E-state index is 13.1. The SMILES string of the molecule is Nc1nc(C(=NOC2C=CCC2)C(=O)NC2C(=O)N3C=C(C[n+]4ccc(C(=O)[O-])cc4)CS[C@H]23)ns1. The number of carboxylic acid groups (broad SMARTS) is 1. The van der Waals surface area contributed by atoms with Crippen LogP contribution in [-0.4, -0.2) is 61.0 Å². The maximum Gasteiger partial charge on any atom is 0.278 e. The first-order valence-corrected chi connectivity index (χ1v) is 12.9. The minimum Gasteiger partial charge on any atom is -0.545 e. The number of allylic oxidation sites excluding steroid dienone is 1. The summed E-state index contributed by atoms with van der Waals surface area (Å²) in [4.78, 5) is 47.9. The van der Waals surface area contributed by atoms with Crippen molar-refractivity contribution >= 4 is 51.9 Å². The number of aromatic carboxylic acids is 1. The number of carboxylic acids is 1. The number of nitrogen functional groups attached to an aromatic ring is 1. The minimum atomic E-state index is -1.24. The van der Waals surface area contributed by atoms with E-state index in [4.69, 9.17) is 10.6 Å². The molecule has 2 aromatic heterocycles. The number of thioether (sulfide) groups is 1. The molecule has 0 bridgehead atoms. The molecule has 0 aromatic carbocycles. The number of fused-ring (bicyclic) bond motifs is 1. The molecule has 12 nitrogen and oxygen atoms in total. The van der Waals surface area contributed by atoms with Gasteiger partial charge in [-0.2, -0.15) is 9.36 Å². The van der Waals surface area contributed by atoms with E-state index in [2.05, 4.69) is 19.8 Å². The van der Waals surface area contributed by atoms with Crippen molar-refractivity contribution in [1.29, 1.82) is 0 Å². The second kappa shape index (κ2) is 10.1. The Morgan fingerprint density at radius 1 is 1.36 bits per heavy atom. The maximum absolute atomic E-state index is 13.1. The topological polar surface area (TPSA) is 167 Å². The van der Waals surface area contributed by atoms with Gasteiger partial charge >= 0.3 is 0 Å². The Morgan fingerprint density at radius 3 is 2.83 bits per heavy atom. The lowest BCUT2D eigenvalue weighted by atomic mass is 10.1. The monoisotopic (exact) mass is 527 g/mol. The third-order valence-electron chi connectivity index (χ3n) is 5.76. The van der Waals surface area contributed by atoms with E-state index in [1.54, 1.807) is 23.5 Å². The molecule has 2 unspecified atom stereocenters. The summed E-state index contributed by atoms with van der Waals surface area (Å²) >= 11 is 2.46. The predicted octanol–water partition coefficient (Wildman–Crippen LogP) is -0.805. The molecule has 0 radical (unpaired) electrons. The van der Waals surface area contributed by atoms with Crippen LogP contribution in [0.3, 0.4) is 0 Å². The Morgan fingerprint density at radius 2 is 2.17 bits per heavy atom. The highest BCUT2D eigenvalue weighted by Gasteiger charge is 2.50. The standard InChI is InChI=1S/C22H21N7O5S2/c23-22-25-17(27-36-22)15(26-34-14-3-1-2-4-14)18(30)24-16-19(31)29-10-12(11-35-20(16)29)9-28-7-5-13(6-8-28)21(32)33/h1,3,5-8,10,14,16,20H,2,4,9,11H2,(H3-,23,24,25,27,30,32,33)/t14?,16?,20-/m1/s1. The van der Waals surface area contributed by atoms with Gasteiger partial charge in [-0.25, -0.2) is 4.57 Å². The molecule has 3 N–H and O–H groups in total. The molecule has 2 amide bonds. The molecule has 14 heteroatoms. The van der Waals surface area contributed by atoms with Crippen LogP contribution in [0, 0.1) is 0 Å². The zero-order valence-corrected chi connectivity index (χ0v) is 20.4. The fourth-order valence-electron chi connectivity index (χ4n) is 3.92. The van der Waals surface area contributed by atoms with Gasteiger partial charge in [0.15, 0.2) is 24.1 Å². The van der Waals surface area contributed by atoms with Gasteiger partial charge in [0, 0.05) is 46.8 Å². The van der Waals surface area contributed by atoms with Crippen molar-refractivity contribution in [1.82, 2.24) is 19.6 Å². The van der Waals surface area contributed by atoms with Crippen molar-refractivity contribution in [3.63, 3.8) is 0 Å². The van der Waals surface area contributed by atoms with Gasteiger partial charge in [-0.05, 0) is 18.9 Å². The van der Waals surface area contributed by atoms with Crippen molar-refractivity contribution < 1.29 is 28.9 Å². The van der Waals surface area contributed by atoms with E-state index >= 15 is 0 Å². The molecular weight excluding hydrogens is 506 g/mol. The molecule has 1 saturated heterocycles. The van der Waals surface area contributed by atoms with E-state index in [0.717, 1.165) is 29.9 Å². The molecule has 3 aliphatic rings. The first-order chi connectivity index (χ1) is 17.4. The molecule has 1 aliphatic carbocycles. The van der Waals surface area contributed by atoms with Crippen LogP contribution in [0.15, 0.2) is 53.6 Å². The van der Waals surface area contributed by atoms with Gasteiger partial charge in [-0.15, -0.1) is 11.8 Å². The molecule has 2 aliphatic heterocycles. The summed E-state index contributed by atoms with van der Waals surface area (Å²) in [5.41, 5.74) is 6.61. The molecule has 186 valence electrons. The second-order valence-corrected chi connectivity index (χ2v) is 10.2. The summed E-state index contributed by atoms with van der Waals surface area (Å²) in [6, 6.07) is 2.19. The molecule has 5 rings (SSSR count). The minimum absolute atomic E-state index is 0.0424. The summed E-state index contributed by atoms with van der Waals surface area (Å²) < 4.78 is 5.88. The number of β-lactam (4-membered cyclic amide) rings is 1. The molecule has 3 atom stereocenters. The van der Waals surface area contributed by atoms with Crippen molar-refractivity contribution in [2.75, 3.05) is 11.5 Å². The van der Waals surface area contributed by atoms with Crippen molar-refractivity contribution in [2.45, 2.75) is 36.9 Å². The third-order valence-corrected chi connectivity index (χ3v) is 7.68. The number of aromatic nitrogens is 3. The van der Waals surface area contributed by atoms with Crippen LogP contribution >= 0.6 is 23.3 Å². The Balaban J connectivity index is 1.24. The first kappa shape index (κ1) is 23.9. The summed E-state index contributed by atoms with van der Waals surface area (Å²) in [7, 11) is 0.